The Bertz CT molecular complexity index is 417. The summed E-state index contributed by atoms with van der Waals surface area (Å²) >= 11 is 0. The maximum atomic E-state index is 12.3. The minimum atomic E-state index is 0.0352. The molecule has 4 heteroatoms. The Morgan fingerprint density at radius 1 is 1.59 bits per heavy atom. The van der Waals surface area contributed by atoms with Crippen molar-refractivity contribution in [1.82, 2.24) is 9.88 Å². The summed E-state index contributed by atoms with van der Waals surface area (Å²) in [6, 6.07) is 1.69. The number of aromatic nitrogens is 1. The first-order valence-corrected chi connectivity index (χ1v) is 6.08. The number of nitrogens with zero attached hydrogens (tertiary/aromatic N) is 2. The van der Waals surface area contributed by atoms with Crippen molar-refractivity contribution in [2.45, 2.75) is 20.3 Å². The van der Waals surface area contributed by atoms with Crippen LogP contribution in [0.1, 0.15) is 30.6 Å². The number of anilines is 1. The number of carbonyl (C=O) groups excluding carboxylic acids is 1. The van der Waals surface area contributed by atoms with Crippen LogP contribution < -0.4 is 5.73 Å². The summed E-state index contributed by atoms with van der Waals surface area (Å²) in [5.74, 6) is 1.28. The first kappa shape index (κ1) is 11.9. The predicted octanol–water partition coefficient (Wildman–Crippen LogP) is 1.78. The van der Waals surface area contributed by atoms with Gasteiger partial charge < -0.3 is 10.6 Å². The summed E-state index contributed by atoms with van der Waals surface area (Å²) in [7, 11) is 0. The number of rotatable bonds is 2. The summed E-state index contributed by atoms with van der Waals surface area (Å²) in [5.41, 5.74) is 6.81. The van der Waals surface area contributed by atoms with Crippen LogP contribution in [-0.2, 0) is 0 Å². The minimum Gasteiger partial charge on any atom is -0.397 e. The van der Waals surface area contributed by atoms with Crippen LogP contribution in [0, 0.1) is 11.8 Å². The van der Waals surface area contributed by atoms with Crippen LogP contribution in [0.25, 0.3) is 0 Å². The molecule has 1 aliphatic rings. The molecule has 17 heavy (non-hydrogen) atoms. The fourth-order valence-electron chi connectivity index (χ4n) is 2.29. The van der Waals surface area contributed by atoms with E-state index < -0.39 is 0 Å². The van der Waals surface area contributed by atoms with Crippen LogP contribution >= 0.6 is 0 Å². The molecule has 0 saturated carbocycles. The Hall–Kier alpha value is -1.58. The molecule has 1 aliphatic heterocycles. The smallest absolute Gasteiger partial charge is 0.256 e. The first-order chi connectivity index (χ1) is 8.09. The van der Waals surface area contributed by atoms with Gasteiger partial charge in [0.15, 0.2) is 0 Å². The van der Waals surface area contributed by atoms with Gasteiger partial charge in [0.25, 0.3) is 5.91 Å². The fourth-order valence-corrected chi connectivity index (χ4v) is 2.29. The normalized spacial score (nSPS) is 19.9. The topological polar surface area (TPSA) is 59.2 Å². The van der Waals surface area contributed by atoms with Gasteiger partial charge in [-0.1, -0.05) is 13.8 Å². The largest absolute Gasteiger partial charge is 0.397 e. The Labute approximate surface area is 102 Å². The molecule has 0 aromatic carbocycles. The van der Waals surface area contributed by atoms with Gasteiger partial charge in [-0.15, -0.1) is 0 Å². The van der Waals surface area contributed by atoms with Gasteiger partial charge in [0.05, 0.1) is 17.4 Å². The SMILES string of the molecule is CC(C)C1CCN(C(=O)c2ccncc2N)C1. The van der Waals surface area contributed by atoms with E-state index in [2.05, 4.69) is 18.8 Å². The Kier molecular flexibility index (Phi) is 3.31. The monoisotopic (exact) mass is 233 g/mol. The molecule has 2 rings (SSSR count). The van der Waals surface area contributed by atoms with E-state index in [1.54, 1.807) is 12.3 Å². The van der Waals surface area contributed by atoms with Crippen LogP contribution in [0.15, 0.2) is 18.5 Å². The second-order valence-corrected chi connectivity index (χ2v) is 5.01. The van der Waals surface area contributed by atoms with Crippen molar-refractivity contribution in [3.05, 3.63) is 24.0 Å². The predicted molar refractivity (Wildman–Crippen MR) is 67.5 cm³/mol. The molecule has 1 aromatic rings. The third-order valence-corrected chi connectivity index (χ3v) is 3.54. The van der Waals surface area contributed by atoms with E-state index in [-0.39, 0.29) is 5.91 Å². The maximum absolute atomic E-state index is 12.3. The Balaban J connectivity index is 2.10. The molecule has 0 spiro atoms. The lowest BCUT2D eigenvalue weighted by Crippen LogP contribution is -2.30. The number of nitrogen functional groups attached to an aromatic ring is 1. The van der Waals surface area contributed by atoms with Crippen LogP contribution in [0.3, 0.4) is 0 Å². The quantitative estimate of drug-likeness (QED) is 0.847. The summed E-state index contributed by atoms with van der Waals surface area (Å²) < 4.78 is 0. The molecule has 1 fully saturated rings. The molecular formula is C13H19N3O. The second kappa shape index (κ2) is 4.73. The Morgan fingerprint density at radius 2 is 2.35 bits per heavy atom. The van der Waals surface area contributed by atoms with E-state index >= 15 is 0 Å². The number of amides is 1. The van der Waals surface area contributed by atoms with E-state index in [1.165, 1.54) is 6.20 Å². The molecule has 1 unspecified atom stereocenters. The molecule has 1 saturated heterocycles. The lowest BCUT2D eigenvalue weighted by molar-refractivity contribution is 0.0785. The van der Waals surface area contributed by atoms with Gasteiger partial charge in [0, 0.05) is 19.3 Å². The number of likely N-dealkylation sites (tertiary alicyclic amines) is 1. The fraction of sp³-hybridized carbons (Fsp3) is 0.538. The van der Waals surface area contributed by atoms with Gasteiger partial charge >= 0.3 is 0 Å². The number of nitrogens with two attached hydrogens (primary N) is 1. The zero-order chi connectivity index (χ0) is 12.4. The van der Waals surface area contributed by atoms with Gasteiger partial charge in [-0.25, -0.2) is 0 Å². The maximum Gasteiger partial charge on any atom is 0.256 e. The highest BCUT2D eigenvalue weighted by Crippen LogP contribution is 2.25. The second-order valence-electron chi connectivity index (χ2n) is 5.01. The number of hydrogen-bond donors (Lipinski definition) is 1. The zero-order valence-electron chi connectivity index (χ0n) is 10.4. The van der Waals surface area contributed by atoms with Crippen LogP contribution in [-0.4, -0.2) is 28.9 Å². The third-order valence-electron chi connectivity index (χ3n) is 3.54. The molecule has 0 radical (unpaired) electrons. The highest BCUT2D eigenvalue weighted by atomic mass is 16.2. The molecule has 2 heterocycles. The number of pyridine rings is 1. The molecule has 0 aliphatic carbocycles. The van der Waals surface area contributed by atoms with E-state index in [4.69, 9.17) is 5.73 Å². The lowest BCUT2D eigenvalue weighted by Gasteiger charge is -2.18. The summed E-state index contributed by atoms with van der Waals surface area (Å²) in [6.07, 6.45) is 4.23. The van der Waals surface area contributed by atoms with Crippen molar-refractivity contribution in [2.75, 3.05) is 18.8 Å². The molecule has 2 N–H and O–H groups in total. The summed E-state index contributed by atoms with van der Waals surface area (Å²) in [5, 5.41) is 0. The van der Waals surface area contributed by atoms with E-state index in [0.29, 0.717) is 23.1 Å². The van der Waals surface area contributed by atoms with Crippen molar-refractivity contribution in [3.63, 3.8) is 0 Å². The summed E-state index contributed by atoms with van der Waals surface area (Å²) in [4.78, 5) is 18.1. The van der Waals surface area contributed by atoms with Crippen LogP contribution in [0.5, 0.6) is 0 Å². The highest BCUT2D eigenvalue weighted by molar-refractivity contribution is 5.98. The van der Waals surface area contributed by atoms with Gasteiger partial charge in [0.2, 0.25) is 0 Å². The van der Waals surface area contributed by atoms with Crippen molar-refractivity contribution < 1.29 is 4.79 Å². The minimum absolute atomic E-state index is 0.0352. The molecule has 1 amide bonds. The molecule has 0 bridgehead atoms. The molecule has 1 atom stereocenters. The van der Waals surface area contributed by atoms with Crippen molar-refractivity contribution >= 4 is 11.6 Å². The van der Waals surface area contributed by atoms with Crippen LogP contribution in [0.4, 0.5) is 5.69 Å². The molecule has 1 aromatic heterocycles. The van der Waals surface area contributed by atoms with Crippen molar-refractivity contribution in [1.29, 1.82) is 0 Å². The molecular weight excluding hydrogens is 214 g/mol. The highest BCUT2D eigenvalue weighted by Gasteiger charge is 2.29. The van der Waals surface area contributed by atoms with E-state index in [1.807, 2.05) is 4.90 Å². The van der Waals surface area contributed by atoms with E-state index in [0.717, 1.165) is 19.5 Å². The average Bonchev–Trinajstić information content (AvgIpc) is 2.78. The standard InChI is InChI=1S/C13H19N3O/c1-9(2)10-4-6-16(8-10)13(17)11-3-5-15-7-12(11)14/h3,5,7,9-10H,4,6,8,14H2,1-2H3. The molecule has 4 nitrogen and oxygen atoms in total. The molecule has 92 valence electrons. The Morgan fingerprint density at radius 3 is 2.94 bits per heavy atom. The van der Waals surface area contributed by atoms with Crippen molar-refractivity contribution in [2.24, 2.45) is 11.8 Å². The zero-order valence-corrected chi connectivity index (χ0v) is 10.4. The summed E-state index contributed by atoms with van der Waals surface area (Å²) in [6.45, 7) is 6.10. The van der Waals surface area contributed by atoms with Gasteiger partial charge in [-0.3, -0.25) is 9.78 Å². The van der Waals surface area contributed by atoms with Gasteiger partial charge in [-0.05, 0) is 24.3 Å². The van der Waals surface area contributed by atoms with Gasteiger partial charge in [0.1, 0.15) is 0 Å². The number of hydrogen-bond acceptors (Lipinski definition) is 3. The average molecular weight is 233 g/mol. The van der Waals surface area contributed by atoms with E-state index in [9.17, 15) is 4.79 Å². The third kappa shape index (κ3) is 2.40. The number of carbonyl (C=O) groups is 1. The first-order valence-electron chi connectivity index (χ1n) is 6.08. The van der Waals surface area contributed by atoms with Crippen molar-refractivity contribution in [3.8, 4) is 0 Å². The lowest BCUT2D eigenvalue weighted by atomic mass is 9.95. The van der Waals surface area contributed by atoms with Gasteiger partial charge in [-0.2, -0.15) is 0 Å². The van der Waals surface area contributed by atoms with Crippen LogP contribution in [0.2, 0.25) is 0 Å².